The summed E-state index contributed by atoms with van der Waals surface area (Å²) in [6.07, 6.45) is 18.6. The third-order valence-electron chi connectivity index (χ3n) is 6.11. The van der Waals surface area contributed by atoms with Crippen LogP contribution in [0.5, 0.6) is 0 Å². The van der Waals surface area contributed by atoms with Crippen LogP contribution in [-0.4, -0.2) is 9.55 Å². The van der Waals surface area contributed by atoms with Gasteiger partial charge < -0.3 is 4.57 Å². The van der Waals surface area contributed by atoms with Crippen LogP contribution < -0.4 is 0 Å². The highest BCUT2D eigenvalue weighted by Crippen LogP contribution is 2.45. The number of rotatable bonds is 2. The van der Waals surface area contributed by atoms with E-state index in [1.54, 1.807) is 11.3 Å². The van der Waals surface area contributed by atoms with Gasteiger partial charge in [0.25, 0.3) is 0 Å². The lowest BCUT2D eigenvalue weighted by Gasteiger charge is -2.28. The second-order valence-electron chi connectivity index (χ2n) is 8.30. The van der Waals surface area contributed by atoms with Gasteiger partial charge in [0, 0.05) is 23.5 Å². The molecule has 2 aliphatic carbocycles. The molecular weight excluding hydrogens is 340 g/mol. The van der Waals surface area contributed by atoms with Gasteiger partial charge in [-0.3, -0.25) is 4.98 Å². The van der Waals surface area contributed by atoms with Crippen LogP contribution in [0.25, 0.3) is 22.2 Å². The van der Waals surface area contributed by atoms with E-state index in [0.29, 0.717) is 0 Å². The number of hydrogen-bond donors (Lipinski definition) is 0. The molecule has 2 nitrogen and oxygen atoms in total. The predicted molar refractivity (Wildman–Crippen MR) is 112 cm³/mol. The van der Waals surface area contributed by atoms with Crippen LogP contribution in [0.2, 0.25) is 0 Å². The van der Waals surface area contributed by atoms with Crippen LogP contribution in [0.3, 0.4) is 0 Å². The summed E-state index contributed by atoms with van der Waals surface area (Å²) >= 11 is 0. The molecule has 3 heteroatoms. The minimum Gasteiger partial charge on any atom is -0.312 e. The Morgan fingerprint density at radius 2 is 2.12 bits per heavy atom. The molecule has 0 radical (unpaired) electrons. The van der Waals surface area contributed by atoms with Crippen molar-refractivity contribution < 1.29 is 0 Å². The first-order valence-corrected chi connectivity index (χ1v) is 9.80. The molecule has 3 aliphatic rings. The van der Waals surface area contributed by atoms with E-state index in [1.807, 2.05) is 6.20 Å². The highest BCUT2D eigenvalue weighted by atomic mass is 35.5. The molecule has 3 heterocycles. The van der Waals surface area contributed by atoms with Crippen molar-refractivity contribution in [2.45, 2.75) is 52.4 Å². The normalized spacial score (nSPS) is 21.2. The van der Waals surface area contributed by atoms with E-state index in [1.165, 1.54) is 53.4 Å². The predicted octanol–water partition coefficient (Wildman–Crippen LogP) is 6.41. The zero-order chi connectivity index (χ0) is 17.0. The second-order valence-corrected chi connectivity index (χ2v) is 8.30. The van der Waals surface area contributed by atoms with Crippen molar-refractivity contribution in [3.63, 3.8) is 0 Å². The van der Waals surface area contributed by atoms with Crippen LogP contribution >= 0.6 is 12.4 Å². The summed E-state index contributed by atoms with van der Waals surface area (Å²) in [6.45, 7) is 4.71. The molecule has 26 heavy (non-hydrogen) atoms. The summed E-state index contributed by atoms with van der Waals surface area (Å²) in [5.74, 6) is 1.63. The van der Waals surface area contributed by atoms with Gasteiger partial charge >= 0.3 is 0 Å². The average Bonchev–Trinajstić information content (AvgIpc) is 2.85. The quantitative estimate of drug-likeness (QED) is 0.600. The summed E-state index contributed by atoms with van der Waals surface area (Å²) in [5, 5.41) is 1.36. The van der Waals surface area contributed by atoms with E-state index in [9.17, 15) is 0 Å². The molecule has 0 amide bonds. The largest absolute Gasteiger partial charge is 0.312 e. The van der Waals surface area contributed by atoms with E-state index < -0.39 is 0 Å². The molecule has 1 atom stereocenters. The SMILES string of the molecule is CC(C)CC1CCC2=C(C=CC3=CCCc4c3n2c2ccncc42)C1.Cl. The van der Waals surface area contributed by atoms with Gasteiger partial charge in [0.1, 0.15) is 0 Å². The van der Waals surface area contributed by atoms with Gasteiger partial charge in [-0.05, 0) is 73.1 Å². The third kappa shape index (κ3) is 2.66. The van der Waals surface area contributed by atoms with Gasteiger partial charge in [-0.2, -0.15) is 0 Å². The summed E-state index contributed by atoms with van der Waals surface area (Å²) in [7, 11) is 0. The summed E-state index contributed by atoms with van der Waals surface area (Å²) in [4.78, 5) is 4.42. The molecule has 0 bridgehead atoms. The first kappa shape index (κ1) is 17.6. The zero-order valence-corrected chi connectivity index (χ0v) is 16.5. The van der Waals surface area contributed by atoms with E-state index in [2.05, 4.69) is 53.9 Å². The third-order valence-corrected chi connectivity index (χ3v) is 6.11. The first-order valence-electron chi connectivity index (χ1n) is 9.80. The summed E-state index contributed by atoms with van der Waals surface area (Å²) in [6, 6.07) is 2.21. The molecule has 0 fully saturated rings. The van der Waals surface area contributed by atoms with Gasteiger partial charge in [-0.1, -0.05) is 32.1 Å². The molecule has 136 valence electrons. The lowest BCUT2D eigenvalue weighted by atomic mass is 9.81. The van der Waals surface area contributed by atoms with Gasteiger partial charge in [-0.25, -0.2) is 0 Å². The molecule has 1 aliphatic heterocycles. The Labute approximate surface area is 162 Å². The number of hydrogen-bond acceptors (Lipinski definition) is 1. The fourth-order valence-electron chi connectivity index (χ4n) is 5.16. The Kier molecular flexibility index (Phi) is 4.56. The number of halogens is 1. The Morgan fingerprint density at radius 3 is 2.96 bits per heavy atom. The van der Waals surface area contributed by atoms with Crippen LogP contribution in [0.15, 0.2) is 42.3 Å². The number of aryl methyl sites for hydroxylation is 1. The zero-order valence-electron chi connectivity index (χ0n) is 15.7. The van der Waals surface area contributed by atoms with Crippen molar-refractivity contribution in [3.05, 3.63) is 53.5 Å². The highest BCUT2D eigenvalue weighted by Gasteiger charge is 2.29. The molecular formula is C23H27ClN2. The van der Waals surface area contributed by atoms with E-state index in [-0.39, 0.29) is 12.4 Å². The molecule has 2 aromatic heterocycles. The molecule has 1 unspecified atom stereocenters. The summed E-state index contributed by atoms with van der Waals surface area (Å²) in [5.41, 5.74) is 8.81. The second kappa shape index (κ2) is 6.74. The van der Waals surface area contributed by atoms with Crippen LogP contribution in [0.1, 0.15) is 57.2 Å². The number of fused-ring (bicyclic) bond motifs is 4. The molecule has 0 saturated heterocycles. The van der Waals surface area contributed by atoms with E-state index in [4.69, 9.17) is 0 Å². The fourth-order valence-corrected chi connectivity index (χ4v) is 5.16. The molecule has 2 aromatic rings. The molecule has 0 saturated carbocycles. The van der Waals surface area contributed by atoms with Crippen molar-refractivity contribution in [3.8, 4) is 0 Å². The number of pyridine rings is 1. The smallest absolute Gasteiger partial charge is 0.0567 e. The van der Waals surface area contributed by atoms with Gasteiger partial charge in [0.05, 0.1) is 11.2 Å². The molecule has 5 rings (SSSR count). The summed E-state index contributed by atoms with van der Waals surface area (Å²) < 4.78 is 2.58. The monoisotopic (exact) mass is 366 g/mol. The number of allylic oxidation sites excluding steroid dienone is 6. The molecule has 0 spiro atoms. The number of aromatic nitrogens is 2. The van der Waals surface area contributed by atoms with Crippen molar-refractivity contribution in [1.29, 1.82) is 0 Å². The molecule has 0 aromatic carbocycles. The van der Waals surface area contributed by atoms with Crippen molar-refractivity contribution >= 4 is 34.6 Å². The van der Waals surface area contributed by atoms with Crippen molar-refractivity contribution in [1.82, 2.24) is 9.55 Å². The van der Waals surface area contributed by atoms with Crippen LogP contribution in [0.4, 0.5) is 0 Å². The number of nitrogens with zero attached hydrogens (tertiary/aromatic N) is 2. The minimum absolute atomic E-state index is 0. The lowest BCUT2D eigenvalue weighted by Crippen LogP contribution is -2.15. The van der Waals surface area contributed by atoms with E-state index >= 15 is 0 Å². The Hall–Kier alpha value is -1.80. The maximum atomic E-state index is 4.42. The van der Waals surface area contributed by atoms with Crippen molar-refractivity contribution in [2.24, 2.45) is 11.8 Å². The maximum absolute atomic E-state index is 4.42. The Morgan fingerprint density at radius 1 is 1.23 bits per heavy atom. The Bertz CT molecular complexity index is 943. The first-order chi connectivity index (χ1) is 12.2. The van der Waals surface area contributed by atoms with Crippen molar-refractivity contribution in [2.75, 3.05) is 0 Å². The van der Waals surface area contributed by atoms with Gasteiger partial charge in [0.2, 0.25) is 0 Å². The standard InChI is InChI=1S/C23H26N2.ClH/c1-15(2)12-16-6-9-21-18(13-16)8-7-17-4-3-5-19-20-14-24-11-10-22(20)25(21)23(17)19;/h4,7-8,10-11,14-16H,3,5-6,9,12-13H2,1-2H3;1H. The minimum atomic E-state index is 0. The van der Waals surface area contributed by atoms with Gasteiger partial charge in [-0.15, -0.1) is 12.4 Å². The van der Waals surface area contributed by atoms with E-state index in [0.717, 1.165) is 24.7 Å². The van der Waals surface area contributed by atoms with Crippen LogP contribution in [-0.2, 0) is 6.42 Å². The topological polar surface area (TPSA) is 17.8 Å². The fraction of sp³-hybridized carbons (Fsp3) is 0.435. The highest BCUT2D eigenvalue weighted by molar-refractivity contribution is 5.96. The van der Waals surface area contributed by atoms with Crippen LogP contribution in [0, 0.1) is 11.8 Å². The average molecular weight is 367 g/mol. The molecule has 0 N–H and O–H groups in total. The lowest BCUT2D eigenvalue weighted by molar-refractivity contribution is 0.377. The maximum Gasteiger partial charge on any atom is 0.0567 e. The Balaban J connectivity index is 0.00000168. The van der Waals surface area contributed by atoms with Gasteiger partial charge in [0.15, 0.2) is 0 Å².